The van der Waals surface area contributed by atoms with Crippen molar-refractivity contribution in [2.75, 3.05) is 6.61 Å². The molecule has 0 amide bonds. The zero-order valence-electron chi connectivity index (χ0n) is 7.76. The van der Waals surface area contributed by atoms with Crippen molar-refractivity contribution in [3.8, 4) is 0 Å². The molecular weight excluding hydrogens is 180 g/mol. The first-order valence-corrected chi connectivity index (χ1v) is 4.63. The molecule has 1 aromatic rings. The van der Waals surface area contributed by atoms with Gasteiger partial charge in [0.1, 0.15) is 6.10 Å². The Morgan fingerprint density at radius 1 is 1.21 bits per heavy atom. The summed E-state index contributed by atoms with van der Waals surface area (Å²) < 4.78 is 0. The highest BCUT2D eigenvalue weighted by Gasteiger charge is 2.12. The van der Waals surface area contributed by atoms with Gasteiger partial charge in [-0.1, -0.05) is 47.5 Å². The van der Waals surface area contributed by atoms with E-state index in [0.29, 0.717) is 6.61 Å². The Hall–Kier alpha value is -1.16. The van der Waals surface area contributed by atoms with Crippen LogP contribution in [-0.2, 0) is 14.8 Å². The molecule has 74 valence electrons. The van der Waals surface area contributed by atoms with Crippen LogP contribution < -0.4 is 0 Å². The summed E-state index contributed by atoms with van der Waals surface area (Å²) in [5.41, 5.74) is 1.16. The molecule has 1 heterocycles. The van der Waals surface area contributed by atoms with Gasteiger partial charge in [-0.2, -0.15) is 4.89 Å². The lowest BCUT2D eigenvalue weighted by atomic mass is 10.1. The molecule has 1 unspecified atom stereocenters. The van der Waals surface area contributed by atoms with E-state index < -0.39 is 0 Å². The standard InChI is InChI=1S/C11H12O3/c1-2-4-10(5-3-1)6-7-11-8-9-12-14-13-11/h1-7,11H,8-9H2. The van der Waals surface area contributed by atoms with E-state index >= 15 is 0 Å². The van der Waals surface area contributed by atoms with Gasteiger partial charge in [-0.05, 0) is 5.56 Å². The largest absolute Gasteiger partial charge is 0.206 e. The summed E-state index contributed by atoms with van der Waals surface area (Å²) in [4.78, 5) is 9.49. The highest BCUT2D eigenvalue weighted by Crippen LogP contribution is 2.10. The van der Waals surface area contributed by atoms with Crippen LogP contribution >= 0.6 is 0 Å². The molecular formula is C11H12O3. The van der Waals surface area contributed by atoms with Gasteiger partial charge in [0.25, 0.3) is 0 Å². The van der Waals surface area contributed by atoms with Gasteiger partial charge in [0.2, 0.25) is 0 Å². The second-order valence-electron chi connectivity index (χ2n) is 3.08. The van der Waals surface area contributed by atoms with Crippen molar-refractivity contribution in [1.82, 2.24) is 0 Å². The van der Waals surface area contributed by atoms with Crippen molar-refractivity contribution < 1.29 is 14.8 Å². The summed E-state index contributed by atoms with van der Waals surface area (Å²) in [5, 5.41) is 4.42. The van der Waals surface area contributed by atoms with E-state index in [-0.39, 0.29) is 6.10 Å². The molecule has 0 bridgehead atoms. The molecule has 0 radical (unpaired) electrons. The fourth-order valence-electron chi connectivity index (χ4n) is 1.24. The first-order chi connectivity index (χ1) is 6.95. The molecule has 2 rings (SSSR count). The molecule has 1 saturated heterocycles. The Morgan fingerprint density at radius 3 is 2.79 bits per heavy atom. The molecule has 14 heavy (non-hydrogen) atoms. The Kier molecular flexibility index (Phi) is 3.29. The van der Waals surface area contributed by atoms with Gasteiger partial charge in [-0.15, -0.1) is 0 Å². The van der Waals surface area contributed by atoms with E-state index in [1.54, 1.807) is 0 Å². The summed E-state index contributed by atoms with van der Waals surface area (Å²) >= 11 is 0. The maximum absolute atomic E-state index is 4.89. The summed E-state index contributed by atoms with van der Waals surface area (Å²) in [7, 11) is 0. The van der Waals surface area contributed by atoms with Crippen LogP contribution in [0.15, 0.2) is 36.4 Å². The van der Waals surface area contributed by atoms with Crippen LogP contribution in [0.25, 0.3) is 6.08 Å². The van der Waals surface area contributed by atoms with Crippen LogP contribution in [0.4, 0.5) is 0 Å². The maximum atomic E-state index is 4.89. The third kappa shape index (κ3) is 2.67. The second-order valence-corrected chi connectivity index (χ2v) is 3.08. The number of benzene rings is 1. The Bertz CT molecular complexity index is 289. The third-order valence-electron chi connectivity index (χ3n) is 2.00. The monoisotopic (exact) mass is 192 g/mol. The van der Waals surface area contributed by atoms with Gasteiger partial charge >= 0.3 is 0 Å². The van der Waals surface area contributed by atoms with E-state index in [1.807, 2.05) is 42.5 Å². The van der Waals surface area contributed by atoms with Crippen LogP contribution in [0, 0.1) is 0 Å². The van der Waals surface area contributed by atoms with Crippen LogP contribution in [0.1, 0.15) is 12.0 Å². The minimum absolute atomic E-state index is 0.0102. The fourth-order valence-corrected chi connectivity index (χ4v) is 1.24. The first-order valence-electron chi connectivity index (χ1n) is 4.63. The van der Waals surface area contributed by atoms with Gasteiger partial charge in [0, 0.05) is 6.42 Å². The lowest BCUT2D eigenvalue weighted by Gasteiger charge is -2.16. The average molecular weight is 192 g/mol. The summed E-state index contributed by atoms with van der Waals surface area (Å²) in [6, 6.07) is 10.1. The first kappa shape index (κ1) is 9.40. The minimum atomic E-state index is -0.0102. The molecule has 1 aromatic carbocycles. The van der Waals surface area contributed by atoms with Crippen LogP contribution in [0.5, 0.6) is 0 Å². The molecule has 0 N–H and O–H groups in total. The number of hydrogen-bond donors (Lipinski definition) is 0. The van der Waals surface area contributed by atoms with Crippen LogP contribution in [-0.4, -0.2) is 12.7 Å². The smallest absolute Gasteiger partial charge is 0.117 e. The van der Waals surface area contributed by atoms with E-state index in [0.717, 1.165) is 12.0 Å². The maximum Gasteiger partial charge on any atom is 0.117 e. The van der Waals surface area contributed by atoms with E-state index in [9.17, 15) is 0 Å². The van der Waals surface area contributed by atoms with E-state index in [4.69, 9.17) is 4.89 Å². The van der Waals surface area contributed by atoms with Gasteiger partial charge in [0.15, 0.2) is 0 Å². The predicted octanol–water partition coefficient (Wildman–Crippen LogP) is 2.35. The lowest BCUT2D eigenvalue weighted by molar-refractivity contribution is -0.543. The highest BCUT2D eigenvalue weighted by molar-refractivity contribution is 5.49. The molecule has 3 heteroatoms. The molecule has 1 atom stereocenters. The molecule has 0 spiro atoms. The summed E-state index contributed by atoms with van der Waals surface area (Å²) in [5.74, 6) is 0. The Morgan fingerprint density at radius 2 is 2.07 bits per heavy atom. The van der Waals surface area contributed by atoms with Crippen LogP contribution in [0.3, 0.4) is 0 Å². The molecule has 3 nitrogen and oxygen atoms in total. The Balaban J connectivity index is 1.93. The minimum Gasteiger partial charge on any atom is -0.206 e. The number of rotatable bonds is 2. The average Bonchev–Trinajstić information content (AvgIpc) is 2.29. The molecule has 0 aliphatic carbocycles. The SMILES string of the molecule is C(=CC1CCOOO1)c1ccccc1. The van der Waals surface area contributed by atoms with Crippen molar-refractivity contribution in [3.05, 3.63) is 42.0 Å². The molecule has 0 aromatic heterocycles. The third-order valence-corrected chi connectivity index (χ3v) is 2.00. The normalized spacial score (nSPS) is 22.7. The van der Waals surface area contributed by atoms with Crippen molar-refractivity contribution in [2.24, 2.45) is 0 Å². The fraction of sp³-hybridized carbons (Fsp3) is 0.273. The predicted molar refractivity (Wildman–Crippen MR) is 52.0 cm³/mol. The number of hydrogen-bond acceptors (Lipinski definition) is 3. The van der Waals surface area contributed by atoms with Gasteiger partial charge < -0.3 is 0 Å². The van der Waals surface area contributed by atoms with Gasteiger partial charge in [0.05, 0.1) is 6.61 Å². The van der Waals surface area contributed by atoms with E-state index in [1.165, 1.54) is 0 Å². The van der Waals surface area contributed by atoms with Crippen molar-refractivity contribution in [2.45, 2.75) is 12.5 Å². The van der Waals surface area contributed by atoms with Gasteiger partial charge in [-0.3, -0.25) is 0 Å². The van der Waals surface area contributed by atoms with Crippen molar-refractivity contribution >= 4 is 6.08 Å². The van der Waals surface area contributed by atoms with E-state index in [2.05, 4.69) is 9.93 Å². The quantitative estimate of drug-likeness (QED) is 0.673. The second kappa shape index (κ2) is 4.91. The molecule has 1 fully saturated rings. The van der Waals surface area contributed by atoms with Crippen molar-refractivity contribution in [1.29, 1.82) is 0 Å². The zero-order valence-corrected chi connectivity index (χ0v) is 7.76. The molecule has 1 aliphatic rings. The lowest BCUT2D eigenvalue weighted by Crippen LogP contribution is -2.19. The van der Waals surface area contributed by atoms with Crippen LogP contribution in [0.2, 0.25) is 0 Å². The molecule has 0 saturated carbocycles. The van der Waals surface area contributed by atoms with Crippen molar-refractivity contribution in [3.63, 3.8) is 0 Å². The molecule has 1 aliphatic heterocycles. The van der Waals surface area contributed by atoms with Gasteiger partial charge in [-0.25, -0.2) is 4.89 Å². The highest BCUT2D eigenvalue weighted by atomic mass is 17.5. The topological polar surface area (TPSA) is 27.7 Å². The zero-order chi connectivity index (χ0) is 9.64. The Labute approximate surface area is 82.8 Å². The summed E-state index contributed by atoms with van der Waals surface area (Å²) in [6.07, 6.45) is 4.80. The summed E-state index contributed by atoms with van der Waals surface area (Å²) in [6.45, 7) is 0.573.